The van der Waals surface area contributed by atoms with Gasteiger partial charge in [0.25, 0.3) is 0 Å². The largest absolute Gasteiger partial charge is 0.463 e. The second kappa shape index (κ2) is 11.3. The summed E-state index contributed by atoms with van der Waals surface area (Å²) in [7, 11) is -3.21. The van der Waals surface area contributed by atoms with Crippen LogP contribution < -0.4 is 0 Å². The van der Waals surface area contributed by atoms with Crippen molar-refractivity contribution in [3.05, 3.63) is 64.8 Å². The molecular formula is C28H32N2O5S2. The van der Waals surface area contributed by atoms with Crippen LogP contribution >= 0.6 is 11.3 Å². The van der Waals surface area contributed by atoms with Crippen LogP contribution in [-0.2, 0) is 24.1 Å². The van der Waals surface area contributed by atoms with Gasteiger partial charge in [0, 0.05) is 42.0 Å². The van der Waals surface area contributed by atoms with Gasteiger partial charge < -0.3 is 14.5 Å². The van der Waals surface area contributed by atoms with E-state index in [-0.39, 0.29) is 17.1 Å². The molecule has 3 aromatic rings. The zero-order valence-electron chi connectivity index (χ0n) is 20.9. The number of carbonyl (C=O) groups excluding carboxylic acids is 1. The average Bonchev–Trinajstić information content (AvgIpc) is 3.49. The molecular weight excluding hydrogens is 508 g/mol. The highest BCUT2D eigenvalue weighted by molar-refractivity contribution is 7.92. The Morgan fingerprint density at radius 2 is 1.92 bits per heavy atom. The molecule has 3 heterocycles. The minimum absolute atomic E-state index is 0.109. The van der Waals surface area contributed by atoms with Crippen LogP contribution in [-0.4, -0.2) is 49.4 Å². The molecule has 37 heavy (non-hydrogen) atoms. The maximum absolute atomic E-state index is 12.7. The van der Waals surface area contributed by atoms with Crippen LogP contribution in [0.5, 0.6) is 0 Å². The lowest BCUT2D eigenvalue weighted by atomic mass is 9.83. The molecule has 0 spiro atoms. The zero-order chi connectivity index (χ0) is 25.8. The molecule has 1 saturated carbocycles. The van der Waals surface area contributed by atoms with Gasteiger partial charge in [0.1, 0.15) is 5.01 Å². The monoisotopic (exact) mass is 540 g/mol. The third-order valence-corrected chi connectivity index (χ3v) is 10.3. The van der Waals surface area contributed by atoms with Crippen LogP contribution in [0.3, 0.4) is 0 Å². The Labute approximate surface area is 221 Å². The minimum Gasteiger partial charge on any atom is -0.463 e. The predicted octanol–water partition coefficient (Wildman–Crippen LogP) is 5.60. The number of benzene rings is 1. The summed E-state index contributed by atoms with van der Waals surface area (Å²) in [5.41, 5.74) is 3.10. The van der Waals surface area contributed by atoms with Crippen LogP contribution in [0.4, 0.5) is 0 Å². The van der Waals surface area contributed by atoms with Crippen molar-refractivity contribution < 1.29 is 22.7 Å². The number of sulfone groups is 1. The summed E-state index contributed by atoms with van der Waals surface area (Å²) in [5.74, 6) is 0.282. The molecule has 2 fully saturated rings. The first-order chi connectivity index (χ1) is 17.9. The predicted molar refractivity (Wildman–Crippen MR) is 144 cm³/mol. The van der Waals surface area contributed by atoms with Crippen molar-refractivity contribution in [2.24, 2.45) is 5.92 Å². The van der Waals surface area contributed by atoms with Crippen LogP contribution in [0.15, 0.2) is 53.6 Å². The molecule has 1 aromatic carbocycles. The molecule has 2 aliphatic rings. The summed E-state index contributed by atoms with van der Waals surface area (Å²) >= 11 is 1.50. The number of nitrogens with one attached hydrogen (secondary N) is 1. The molecule has 2 aromatic heterocycles. The minimum atomic E-state index is -3.21. The van der Waals surface area contributed by atoms with E-state index in [1.807, 2.05) is 18.2 Å². The van der Waals surface area contributed by atoms with Gasteiger partial charge in [-0.25, -0.2) is 18.2 Å². The lowest BCUT2D eigenvalue weighted by Gasteiger charge is -2.27. The molecule has 196 valence electrons. The summed E-state index contributed by atoms with van der Waals surface area (Å²) in [6, 6.07) is 11.6. The first-order valence-electron chi connectivity index (χ1n) is 12.9. The van der Waals surface area contributed by atoms with Crippen molar-refractivity contribution in [1.82, 2.24) is 9.97 Å². The number of rotatable bonds is 10. The van der Waals surface area contributed by atoms with E-state index in [0.717, 1.165) is 72.2 Å². The Hall–Kier alpha value is -2.75. The zero-order valence-corrected chi connectivity index (χ0v) is 22.5. The molecule has 5 rings (SSSR count). The first-order valence-corrected chi connectivity index (χ1v) is 15.2. The molecule has 1 aliphatic carbocycles. The van der Waals surface area contributed by atoms with Gasteiger partial charge in [-0.1, -0.05) is 12.1 Å². The van der Waals surface area contributed by atoms with Crippen LogP contribution in [0.2, 0.25) is 0 Å². The lowest BCUT2D eigenvalue weighted by molar-refractivity contribution is -0.137. The highest BCUT2D eigenvalue weighted by atomic mass is 32.2. The van der Waals surface area contributed by atoms with Crippen molar-refractivity contribution >= 4 is 33.2 Å². The maximum Gasteiger partial charge on any atom is 0.330 e. The number of nitrogens with zero attached hydrogens (tertiary/aromatic N) is 1. The summed E-state index contributed by atoms with van der Waals surface area (Å²) < 4.78 is 35.9. The molecule has 1 unspecified atom stereocenters. The summed E-state index contributed by atoms with van der Waals surface area (Å²) in [6.45, 7) is 3.69. The summed E-state index contributed by atoms with van der Waals surface area (Å²) in [5, 5.41) is 0.628. The Bertz CT molecular complexity index is 1350. The molecule has 9 heteroatoms. The van der Waals surface area contributed by atoms with Crippen molar-refractivity contribution in [2.75, 3.05) is 19.8 Å². The van der Waals surface area contributed by atoms with Gasteiger partial charge in [0.2, 0.25) is 0 Å². The van der Waals surface area contributed by atoms with Crippen LogP contribution in [0.25, 0.3) is 16.8 Å². The Balaban J connectivity index is 1.38. The number of aromatic nitrogens is 2. The Morgan fingerprint density at radius 1 is 1.16 bits per heavy atom. The van der Waals surface area contributed by atoms with Crippen LogP contribution in [0, 0.1) is 5.92 Å². The van der Waals surface area contributed by atoms with Crippen molar-refractivity contribution in [3.8, 4) is 10.7 Å². The van der Waals surface area contributed by atoms with E-state index in [0.29, 0.717) is 17.4 Å². The molecule has 0 radical (unpaired) electrons. The highest BCUT2D eigenvalue weighted by Gasteiger charge is 2.37. The second-order valence-corrected chi connectivity index (χ2v) is 12.9. The molecule has 1 N–H and O–H groups in total. The van der Waals surface area contributed by atoms with Crippen molar-refractivity contribution in [2.45, 2.75) is 55.1 Å². The molecule has 1 saturated heterocycles. The van der Waals surface area contributed by atoms with E-state index in [9.17, 15) is 13.2 Å². The summed E-state index contributed by atoms with van der Waals surface area (Å²) in [4.78, 5) is 21.0. The van der Waals surface area contributed by atoms with Gasteiger partial charge in [0.15, 0.2) is 9.84 Å². The van der Waals surface area contributed by atoms with Gasteiger partial charge in [0.05, 0.1) is 22.4 Å². The molecule has 0 bridgehead atoms. The van der Waals surface area contributed by atoms with Gasteiger partial charge in [-0.3, -0.25) is 0 Å². The standard InChI is InChI=1S/C28H32N2O5S2/c1-2-35-27(31)12-5-21-18-29-28(36-21)26-11-10-25(30-26)24(17-19-13-15-34-16-14-19)20-3-6-22(7-4-20)37(32,33)23-8-9-23/h3-7,10-12,18-19,23-24,30H,2,8-9,13-17H2,1H3. The number of carbonyl (C=O) groups is 1. The highest BCUT2D eigenvalue weighted by Crippen LogP contribution is 2.38. The van der Waals surface area contributed by atoms with Gasteiger partial charge >= 0.3 is 5.97 Å². The SMILES string of the molecule is CCOC(=O)C=Cc1cnc(-c2ccc(C(CC3CCOCC3)c3ccc(S(=O)(=O)C4CC4)cc3)[nH]2)s1. The lowest BCUT2D eigenvalue weighted by Crippen LogP contribution is -2.19. The molecule has 7 nitrogen and oxygen atoms in total. The Morgan fingerprint density at radius 3 is 2.62 bits per heavy atom. The number of hydrogen-bond acceptors (Lipinski definition) is 7. The first kappa shape index (κ1) is 25.9. The molecule has 1 aliphatic heterocycles. The maximum atomic E-state index is 12.7. The number of ether oxygens (including phenoxy) is 2. The van der Waals surface area contributed by atoms with Crippen LogP contribution in [0.1, 0.15) is 61.1 Å². The van der Waals surface area contributed by atoms with E-state index in [1.165, 1.54) is 17.4 Å². The average molecular weight is 541 g/mol. The summed E-state index contributed by atoms with van der Waals surface area (Å²) in [6.07, 6.45) is 9.42. The van der Waals surface area contributed by atoms with E-state index in [2.05, 4.69) is 16.0 Å². The Kier molecular flexibility index (Phi) is 7.92. The van der Waals surface area contributed by atoms with E-state index in [1.54, 1.807) is 31.3 Å². The number of aromatic amines is 1. The number of hydrogen-bond donors (Lipinski definition) is 1. The van der Waals surface area contributed by atoms with E-state index < -0.39 is 9.84 Å². The second-order valence-electron chi connectivity index (χ2n) is 9.64. The smallest absolute Gasteiger partial charge is 0.330 e. The van der Waals surface area contributed by atoms with E-state index >= 15 is 0 Å². The third kappa shape index (κ3) is 6.22. The quantitative estimate of drug-likeness (QED) is 0.266. The molecule has 1 atom stereocenters. The molecule has 0 amide bonds. The normalized spacial score (nSPS) is 17.8. The fourth-order valence-corrected chi connectivity index (χ4v) is 7.24. The fourth-order valence-electron chi connectivity index (χ4n) is 4.79. The van der Waals surface area contributed by atoms with Gasteiger partial charge in [-0.05, 0) is 80.9 Å². The van der Waals surface area contributed by atoms with Gasteiger partial charge in [-0.2, -0.15) is 0 Å². The number of esters is 1. The third-order valence-electron chi connectivity index (χ3n) is 6.99. The fraction of sp³-hybridized carbons (Fsp3) is 0.429. The van der Waals surface area contributed by atoms with Gasteiger partial charge in [-0.15, -0.1) is 11.3 Å². The van der Waals surface area contributed by atoms with Crippen molar-refractivity contribution in [3.63, 3.8) is 0 Å². The van der Waals surface area contributed by atoms with Crippen molar-refractivity contribution in [1.29, 1.82) is 0 Å². The topological polar surface area (TPSA) is 98.3 Å². The number of H-pyrrole nitrogens is 1. The number of thiazole rings is 1. The van der Waals surface area contributed by atoms with E-state index in [4.69, 9.17) is 9.47 Å².